The average Bonchev–Trinajstić information content (AvgIpc) is 3.48. The Hall–Kier alpha value is -3.23. The number of anilines is 3. The molecule has 2 atom stereocenters. The van der Waals surface area contributed by atoms with E-state index in [9.17, 15) is 9.59 Å². The van der Waals surface area contributed by atoms with Gasteiger partial charge in [-0.1, -0.05) is 23.8 Å². The molecule has 3 aromatic rings. The summed E-state index contributed by atoms with van der Waals surface area (Å²) in [6.07, 6.45) is 1.85. The van der Waals surface area contributed by atoms with E-state index in [0.717, 1.165) is 35.0 Å². The van der Waals surface area contributed by atoms with E-state index >= 15 is 0 Å². The number of carbonyl (C=O) groups excluding carboxylic acids is 2. The van der Waals surface area contributed by atoms with Crippen molar-refractivity contribution in [3.63, 3.8) is 0 Å². The molecular weight excluding hydrogens is 436 g/mol. The van der Waals surface area contributed by atoms with Crippen molar-refractivity contribution in [1.29, 1.82) is 0 Å². The number of nitrogens with one attached hydrogen (secondary N) is 1. The summed E-state index contributed by atoms with van der Waals surface area (Å²) in [5, 5.41) is 4.97. The van der Waals surface area contributed by atoms with E-state index < -0.39 is 5.92 Å². The molecule has 2 aliphatic heterocycles. The number of nitrogens with zero attached hydrogens (tertiary/aromatic N) is 3. The van der Waals surface area contributed by atoms with Gasteiger partial charge in [0.15, 0.2) is 0 Å². The second-order valence-corrected chi connectivity index (χ2v) is 9.34. The zero-order valence-corrected chi connectivity index (χ0v) is 19.3. The van der Waals surface area contributed by atoms with Crippen LogP contribution in [0.15, 0.2) is 60.1 Å². The predicted octanol–water partition coefficient (Wildman–Crippen LogP) is 4.02. The van der Waals surface area contributed by atoms with Crippen LogP contribution in [0, 0.1) is 12.8 Å². The van der Waals surface area contributed by atoms with Gasteiger partial charge in [0.1, 0.15) is 5.82 Å². The number of ether oxygens (including phenoxy) is 1. The molecule has 2 aromatic heterocycles. The van der Waals surface area contributed by atoms with Crippen LogP contribution in [0.25, 0.3) is 0 Å². The van der Waals surface area contributed by atoms with Gasteiger partial charge >= 0.3 is 0 Å². The number of pyridine rings is 1. The Balaban J connectivity index is 1.36. The van der Waals surface area contributed by atoms with Crippen LogP contribution in [-0.2, 0) is 14.3 Å². The molecule has 5 rings (SSSR count). The van der Waals surface area contributed by atoms with E-state index in [2.05, 4.69) is 15.2 Å². The number of morpholine rings is 1. The lowest BCUT2D eigenvalue weighted by Gasteiger charge is -2.28. The largest absolute Gasteiger partial charge is 0.378 e. The van der Waals surface area contributed by atoms with Gasteiger partial charge in [-0.05, 0) is 42.6 Å². The number of aryl methyl sites for hydroxylation is 1. The molecule has 0 saturated carbocycles. The third kappa shape index (κ3) is 4.49. The van der Waals surface area contributed by atoms with Gasteiger partial charge in [-0.3, -0.25) is 9.59 Å². The Morgan fingerprint density at radius 1 is 1.12 bits per heavy atom. The van der Waals surface area contributed by atoms with Gasteiger partial charge in [-0.25, -0.2) is 4.98 Å². The molecule has 2 saturated heterocycles. The second kappa shape index (κ2) is 9.33. The van der Waals surface area contributed by atoms with Gasteiger partial charge in [-0.2, -0.15) is 0 Å². The molecule has 8 heteroatoms. The Morgan fingerprint density at radius 3 is 2.58 bits per heavy atom. The predicted molar refractivity (Wildman–Crippen MR) is 130 cm³/mol. The van der Waals surface area contributed by atoms with Crippen molar-refractivity contribution in [3.8, 4) is 0 Å². The van der Waals surface area contributed by atoms with Gasteiger partial charge in [0.25, 0.3) is 0 Å². The van der Waals surface area contributed by atoms with Crippen LogP contribution in [0.2, 0.25) is 0 Å². The average molecular weight is 463 g/mol. The first-order valence-electron chi connectivity index (χ1n) is 11.1. The molecular formula is C25H26N4O3S. The maximum absolute atomic E-state index is 13.3. The Kier molecular flexibility index (Phi) is 6.11. The minimum absolute atomic E-state index is 0.0433. The molecule has 2 fully saturated rings. The molecule has 2 amide bonds. The molecule has 170 valence electrons. The second-order valence-electron chi connectivity index (χ2n) is 8.36. The van der Waals surface area contributed by atoms with E-state index in [-0.39, 0.29) is 24.3 Å². The lowest BCUT2D eigenvalue weighted by Crippen LogP contribution is -2.36. The SMILES string of the molecule is Cc1ccc(N2C(=O)CC(C(=O)Nc3ccc(N4CCOCC4)nc3)C2c2cccs2)cc1. The Morgan fingerprint density at radius 2 is 1.91 bits per heavy atom. The highest BCUT2D eigenvalue weighted by molar-refractivity contribution is 7.10. The van der Waals surface area contributed by atoms with Crippen LogP contribution in [0.3, 0.4) is 0 Å². The normalized spacial score (nSPS) is 20.8. The Labute approximate surface area is 197 Å². The van der Waals surface area contributed by atoms with Crippen LogP contribution in [0.4, 0.5) is 17.2 Å². The van der Waals surface area contributed by atoms with Gasteiger partial charge in [0.05, 0.1) is 37.1 Å². The fourth-order valence-corrected chi connectivity index (χ4v) is 5.32. The van der Waals surface area contributed by atoms with E-state index in [0.29, 0.717) is 18.9 Å². The number of amides is 2. The van der Waals surface area contributed by atoms with Crippen molar-refractivity contribution in [1.82, 2.24) is 4.98 Å². The first kappa shape index (κ1) is 21.6. The van der Waals surface area contributed by atoms with Gasteiger partial charge in [0, 0.05) is 30.1 Å². The summed E-state index contributed by atoms with van der Waals surface area (Å²) in [7, 11) is 0. The molecule has 1 N–H and O–H groups in total. The number of rotatable bonds is 5. The first-order valence-corrected chi connectivity index (χ1v) is 12.0. The lowest BCUT2D eigenvalue weighted by molar-refractivity contribution is -0.122. The molecule has 0 aliphatic carbocycles. The molecule has 0 spiro atoms. The maximum atomic E-state index is 13.3. The fourth-order valence-electron chi connectivity index (χ4n) is 4.44. The molecule has 0 bridgehead atoms. The minimum atomic E-state index is -0.489. The number of thiophene rings is 1. The highest BCUT2D eigenvalue weighted by atomic mass is 32.1. The minimum Gasteiger partial charge on any atom is -0.378 e. The van der Waals surface area contributed by atoms with Crippen molar-refractivity contribution >= 4 is 40.3 Å². The van der Waals surface area contributed by atoms with E-state index in [4.69, 9.17) is 4.74 Å². The van der Waals surface area contributed by atoms with Crippen molar-refractivity contribution in [2.45, 2.75) is 19.4 Å². The van der Waals surface area contributed by atoms with Gasteiger partial charge < -0.3 is 19.9 Å². The fraction of sp³-hybridized carbons (Fsp3) is 0.320. The molecule has 33 heavy (non-hydrogen) atoms. The van der Waals surface area contributed by atoms with Gasteiger partial charge in [-0.15, -0.1) is 11.3 Å². The third-order valence-electron chi connectivity index (χ3n) is 6.16. The van der Waals surface area contributed by atoms with Crippen molar-refractivity contribution < 1.29 is 14.3 Å². The topological polar surface area (TPSA) is 74.8 Å². The van der Waals surface area contributed by atoms with Crippen LogP contribution in [0.1, 0.15) is 22.9 Å². The van der Waals surface area contributed by atoms with E-state index in [1.54, 1.807) is 22.4 Å². The summed E-state index contributed by atoms with van der Waals surface area (Å²) in [6.45, 7) is 5.01. The van der Waals surface area contributed by atoms with Crippen molar-refractivity contribution in [2.24, 2.45) is 5.92 Å². The van der Waals surface area contributed by atoms with Crippen LogP contribution in [0.5, 0.6) is 0 Å². The number of aromatic nitrogens is 1. The van der Waals surface area contributed by atoms with E-state index in [1.165, 1.54) is 0 Å². The standard InChI is InChI=1S/C25H26N4O3S/c1-17-4-7-19(8-5-17)29-23(30)15-20(24(29)21-3-2-14-33-21)25(31)27-18-6-9-22(26-16-18)28-10-12-32-13-11-28/h2-9,14,16,20,24H,10-13,15H2,1H3,(H,27,31). The Bertz CT molecular complexity index is 1110. The number of benzene rings is 1. The summed E-state index contributed by atoms with van der Waals surface area (Å²) in [5.74, 6) is 0.168. The van der Waals surface area contributed by atoms with Crippen molar-refractivity contribution in [3.05, 3.63) is 70.5 Å². The molecule has 0 radical (unpaired) electrons. The summed E-state index contributed by atoms with van der Waals surface area (Å²) in [4.78, 5) is 35.9. The van der Waals surface area contributed by atoms with E-state index in [1.807, 2.05) is 60.8 Å². The molecule has 1 aromatic carbocycles. The van der Waals surface area contributed by atoms with Crippen LogP contribution >= 0.6 is 11.3 Å². The lowest BCUT2D eigenvalue weighted by atomic mass is 9.97. The third-order valence-corrected chi connectivity index (χ3v) is 7.10. The number of carbonyl (C=O) groups is 2. The van der Waals surface area contributed by atoms with Crippen LogP contribution < -0.4 is 15.1 Å². The number of hydrogen-bond donors (Lipinski definition) is 1. The highest BCUT2D eigenvalue weighted by Crippen LogP contribution is 2.43. The first-order chi connectivity index (χ1) is 16.1. The highest BCUT2D eigenvalue weighted by Gasteiger charge is 2.45. The zero-order valence-electron chi connectivity index (χ0n) is 18.4. The summed E-state index contributed by atoms with van der Waals surface area (Å²) >= 11 is 1.57. The van der Waals surface area contributed by atoms with Crippen molar-refractivity contribution in [2.75, 3.05) is 41.4 Å². The smallest absolute Gasteiger partial charge is 0.230 e. The maximum Gasteiger partial charge on any atom is 0.230 e. The molecule has 4 heterocycles. The molecule has 2 aliphatic rings. The number of hydrogen-bond acceptors (Lipinski definition) is 6. The van der Waals surface area contributed by atoms with Gasteiger partial charge in [0.2, 0.25) is 11.8 Å². The summed E-state index contributed by atoms with van der Waals surface area (Å²) < 4.78 is 5.39. The zero-order chi connectivity index (χ0) is 22.8. The molecule has 7 nitrogen and oxygen atoms in total. The van der Waals surface area contributed by atoms with Crippen LogP contribution in [-0.4, -0.2) is 43.1 Å². The summed E-state index contributed by atoms with van der Waals surface area (Å²) in [5.41, 5.74) is 2.57. The summed E-state index contributed by atoms with van der Waals surface area (Å²) in [6, 6.07) is 15.3. The quantitative estimate of drug-likeness (QED) is 0.620. The monoisotopic (exact) mass is 462 g/mol. The molecule has 2 unspecified atom stereocenters.